The van der Waals surface area contributed by atoms with Gasteiger partial charge in [0.25, 0.3) is 0 Å². The van der Waals surface area contributed by atoms with Gasteiger partial charge in [-0.25, -0.2) is 0 Å². The second kappa shape index (κ2) is 9.74. The second-order valence-electron chi connectivity index (χ2n) is 7.78. The summed E-state index contributed by atoms with van der Waals surface area (Å²) in [6.07, 6.45) is 8.15. The highest BCUT2D eigenvalue weighted by Gasteiger charge is 2.39. The summed E-state index contributed by atoms with van der Waals surface area (Å²) in [5.74, 6) is 0.777. The SMILES string of the molecule is COCC(CC[SiH2]c1cccc(C)c1C)(COC)C1CCCCC1. The fourth-order valence-corrected chi connectivity index (χ4v) is 6.85. The topological polar surface area (TPSA) is 18.5 Å². The molecular formula is C21H36O2Si. The third kappa shape index (κ3) is 4.93. The second-order valence-corrected chi connectivity index (χ2v) is 9.74. The number of rotatable bonds is 9. The Labute approximate surface area is 151 Å². The van der Waals surface area contributed by atoms with E-state index in [0.717, 1.165) is 19.1 Å². The highest BCUT2D eigenvalue weighted by Crippen LogP contribution is 2.42. The molecule has 2 nitrogen and oxygen atoms in total. The highest BCUT2D eigenvalue weighted by molar-refractivity contribution is 6.54. The first-order valence-electron chi connectivity index (χ1n) is 9.66. The molecule has 0 spiro atoms. The number of aryl methyl sites for hydroxylation is 1. The van der Waals surface area contributed by atoms with Crippen LogP contribution in [-0.4, -0.2) is 37.0 Å². The van der Waals surface area contributed by atoms with Crippen LogP contribution in [0.25, 0.3) is 0 Å². The Morgan fingerprint density at radius 1 is 1.04 bits per heavy atom. The molecule has 0 atom stereocenters. The number of hydrogen-bond acceptors (Lipinski definition) is 2. The van der Waals surface area contributed by atoms with Crippen LogP contribution in [0.5, 0.6) is 0 Å². The van der Waals surface area contributed by atoms with Gasteiger partial charge in [0, 0.05) is 19.6 Å². The fourth-order valence-electron chi connectivity index (χ4n) is 4.63. The minimum atomic E-state index is -0.222. The van der Waals surface area contributed by atoms with Crippen molar-refractivity contribution in [1.82, 2.24) is 0 Å². The molecule has 0 aromatic heterocycles. The summed E-state index contributed by atoms with van der Waals surface area (Å²) in [6.45, 7) is 6.23. The van der Waals surface area contributed by atoms with Crippen molar-refractivity contribution < 1.29 is 9.47 Å². The van der Waals surface area contributed by atoms with Crippen LogP contribution in [0.2, 0.25) is 6.04 Å². The van der Waals surface area contributed by atoms with Crippen LogP contribution in [0.1, 0.15) is 49.7 Å². The molecule has 0 N–H and O–H groups in total. The maximum Gasteiger partial charge on any atom is 0.0551 e. The van der Waals surface area contributed by atoms with Gasteiger partial charge < -0.3 is 9.47 Å². The van der Waals surface area contributed by atoms with E-state index in [2.05, 4.69) is 32.0 Å². The Hall–Kier alpha value is -0.643. The van der Waals surface area contributed by atoms with Crippen molar-refractivity contribution in [2.45, 2.75) is 58.4 Å². The molecular weight excluding hydrogens is 312 g/mol. The van der Waals surface area contributed by atoms with Gasteiger partial charge in [-0.1, -0.05) is 48.7 Å². The van der Waals surface area contributed by atoms with E-state index in [4.69, 9.17) is 9.47 Å². The van der Waals surface area contributed by atoms with Crippen molar-refractivity contribution in [3.05, 3.63) is 29.3 Å². The maximum absolute atomic E-state index is 5.69. The van der Waals surface area contributed by atoms with E-state index >= 15 is 0 Å². The molecule has 1 saturated carbocycles. The van der Waals surface area contributed by atoms with E-state index in [0.29, 0.717) is 0 Å². The van der Waals surface area contributed by atoms with E-state index in [-0.39, 0.29) is 14.9 Å². The summed E-state index contributed by atoms with van der Waals surface area (Å²) >= 11 is 0. The van der Waals surface area contributed by atoms with Gasteiger partial charge in [0.15, 0.2) is 0 Å². The molecule has 1 aromatic carbocycles. The average Bonchev–Trinajstić information content (AvgIpc) is 2.60. The lowest BCUT2D eigenvalue weighted by atomic mass is 9.68. The predicted molar refractivity (Wildman–Crippen MR) is 106 cm³/mol. The maximum atomic E-state index is 5.69. The lowest BCUT2D eigenvalue weighted by molar-refractivity contribution is -0.0432. The number of benzene rings is 1. The first-order valence-corrected chi connectivity index (χ1v) is 11.4. The fraction of sp³-hybridized carbons (Fsp3) is 0.714. The smallest absolute Gasteiger partial charge is 0.0551 e. The van der Waals surface area contributed by atoms with Crippen LogP contribution >= 0.6 is 0 Å². The molecule has 2 rings (SSSR count). The normalized spacial score (nSPS) is 17.0. The third-order valence-corrected chi connectivity index (χ3v) is 8.18. The monoisotopic (exact) mass is 348 g/mol. The lowest BCUT2D eigenvalue weighted by Gasteiger charge is -2.42. The Morgan fingerprint density at radius 2 is 1.71 bits per heavy atom. The van der Waals surface area contributed by atoms with Crippen molar-refractivity contribution in [1.29, 1.82) is 0 Å². The highest BCUT2D eigenvalue weighted by atomic mass is 28.2. The summed E-state index contributed by atoms with van der Waals surface area (Å²) in [6, 6.07) is 8.16. The molecule has 0 unspecified atom stereocenters. The minimum Gasteiger partial charge on any atom is -0.384 e. The van der Waals surface area contributed by atoms with E-state index < -0.39 is 0 Å². The standard InChI is InChI=1S/C21H36O2Si/c1-17-9-8-12-20(18(17)2)24-14-13-21(15-22-3,16-23-4)19-10-6-5-7-11-19/h8-9,12,19H,5-7,10-11,13-16,24H2,1-4H3. The molecule has 1 aromatic rings. The zero-order valence-corrected chi connectivity index (χ0v) is 17.6. The third-order valence-electron chi connectivity index (χ3n) is 6.17. The molecule has 1 aliphatic rings. The van der Waals surface area contributed by atoms with Crippen LogP contribution in [0.15, 0.2) is 18.2 Å². The molecule has 0 bridgehead atoms. The van der Waals surface area contributed by atoms with Gasteiger partial charge in [-0.15, -0.1) is 0 Å². The van der Waals surface area contributed by atoms with Gasteiger partial charge in [0.1, 0.15) is 0 Å². The molecule has 0 heterocycles. The molecule has 0 saturated heterocycles. The van der Waals surface area contributed by atoms with Crippen LogP contribution in [0, 0.1) is 25.2 Å². The summed E-state index contributed by atoms with van der Waals surface area (Å²) in [5.41, 5.74) is 3.19. The van der Waals surface area contributed by atoms with Gasteiger partial charge in [0.05, 0.1) is 22.7 Å². The number of ether oxygens (including phenoxy) is 2. The Kier molecular flexibility index (Phi) is 7.99. The molecule has 24 heavy (non-hydrogen) atoms. The Morgan fingerprint density at radius 3 is 2.33 bits per heavy atom. The largest absolute Gasteiger partial charge is 0.384 e. The van der Waals surface area contributed by atoms with E-state index in [1.165, 1.54) is 55.7 Å². The predicted octanol–water partition coefficient (Wildman–Crippen LogP) is 3.77. The van der Waals surface area contributed by atoms with Crippen molar-refractivity contribution in [3.63, 3.8) is 0 Å². The zero-order valence-electron chi connectivity index (χ0n) is 16.2. The molecule has 0 radical (unpaired) electrons. The molecule has 3 heteroatoms. The van der Waals surface area contributed by atoms with Gasteiger partial charge >= 0.3 is 0 Å². The molecule has 1 aliphatic carbocycles. The van der Waals surface area contributed by atoms with Gasteiger partial charge in [-0.05, 0) is 50.2 Å². The number of hydrogen-bond donors (Lipinski definition) is 0. The first kappa shape index (κ1) is 19.7. The molecule has 136 valence electrons. The van der Waals surface area contributed by atoms with Gasteiger partial charge in [-0.2, -0.15) is 0 Å². The average molecular weight is 349 g/mol. The van der Waals surface area contributed by atoms with Crippen LogP contribution in [-0.2, 0) is 9.47 Å². The van der Waals surface area contributed by atoms with Crippen molar-refractivity contribution in [2.24, 2.45) is 11.3 Å². The Balaban J connectivity index is 2.05. The van der Waals surface area contributed by atoms with E-state index in [1.807, 2.05) is 14.2 Å². The summed E-state index contributed by atoms with van der Waals surface area (Å²) in [4.78, 5) is 0. The van der Waals surface area contributed by atoms with Crippen molar-refractivity contribution >= 4 is 14.7 Å². The first-order chi connectivity index (χ1) is 11.6. The number of methoxy groups -OCH3 is 2. The van der Waals surface area contributed by atoms with Crippen molar-refractivity contribution in [3.8, 4) is 0 Å². The van der Waals surface area contributed by atoms with Crippen LogP contribution in [0.3, 0.4) is 0 Å². The molecule has 0 amide bonds. The summed E-state index contributed by atoms with van der Waals surface area (Å²) in [7, 11) is 3.49. The van der Waals surface area contributed by atoms with Crippen LogP contribution < -0.4 is 5.19 Å². The molecule has 1 fully saturated rings. The quantitative estimate of drug-likeness (QED) is 0.633. The Bertz CT molecular complexity index is 489. The van der Waals surface area contributed by atoms with Crippen LogP contribution in [0.4, 0.5) is 0 Å². The lowest BCUT2D eigenvalue weighted by Crippen LogP contribution is -2.41. The summed E-state index contributed by atoms with van der Waals surface area (Å²) in [5, 5.41) is 1.64. The van der Waals surface area contributed by atoms with Gasteiger partial charge in [-0.3, -0.25) is 0 Å². The zero-order chi connectivity index (χ0) is 17.4. The van der Waals surface area contributed by atoms with E-state index in [1.54, 1.807) is 5.19 Å². The molecule has 0 aliphatic heterocycles. The minimum absolute atomic E-state index is 0.222. The van der Waals surface area contributed by atoms with Gasteiger partial charge in [0.2, 0.25) is 0 Å². The summed E-state index contributed by atoms with van der Waals surface area (Å²) < 4.78 is 11.4. The van der Waals surface area contributed by atoms with Crippen molar-refractivity contribution in [2.75, 3.05) is 27.4 Å². The van der Waals surface area contributed by atoms with E-state index in [9.17, 15) is 0 Å².